The zero-order valence-corrected chi connectivity index (χ0v) is 16.6. The maximum Gasteiger partial charge on any atom is 0.00418 e. The van der Waals surface area contributed by atoms with E-state index in [1.165, 1.54) is 57.8 Å². The van der Waals surface area contributed by atoms with E-state index < -0.39 is 0 Å². The van der Waals surface area contributed by atoms with Crippen molar-refractivity contribution in [3.8, 4) is 0 Å². The molecule has 0 saturated heterocycles. The Kier molecular flexibility index (Phi) is 3.90. The van der Waals surface area contributed by atoms with Gasteiger partial charge in [-0.15, -0.1) is 0 Å². The lowest BCUT2D eigenvalue weighted by Gasteiger charge is -2.52. The normalized spacial score (nSPS) is 58.1. The van der Waals surface area contributed by atoms with E-state index in [0.717, 1.165) is 47.3 Å². The molecule has 144 valence electrons. The SMILES string of the molecule is NC1CCC2C3CCCCC3C3(C4CCC=CC4C4CCCCC43)C2C1. The molecule has 0 bridgehead atoms. The molecular weight excluding hydrogens is 314 g/mol. The summed E-state index contributed by atoms with van der Waals surface area (Å²) in [5.41, 5.74) is 7.36. The van der Waals surface area contributed by atoms with Crippen LogP contribution in [0.2, 0.25) is 0 Å². The molecule has 1 heteroatoms. The van der Waals surface area contributed by atoms with Gasteiger partial charge >= 0.3 is 0 Å². The lowest BCUT2D eigenvalue weighted by Crippen LogP contribution is -2.47. The van der Waals surface area contributed by atoms with Crippen molar-refractivity contribution in [1.82, 2.24) is 0 Å². The van der Waals surface area contributed by atoms with Gasteiger partial charge in [0.2, 0.25) is 0 Å². The summed E-state index contributed by atoms with van der Waals surface area (Å²) in [5.74, 6) is 8.24. The monoisotopic (exact) mass is 353 g/mol. The maximum atomic E-state index is 6.65. The van der Waals surface area contributed by atoms with E-state index >= 15 is 0 Å². The molecule has 0 amide bonds. The Hall–Kier alpha value is -0.300. The van der Waals surface area contributed by atoms with Gasteiger partial charge in [0.25, 0.3) is 0 Å². The highest BCUT2D eigenvalue weighted by Crippen LogP contribution is 2.76. The molecule has 26 heavy (non-hydrogen) atoms. The predicted octanol–water partition coefficient (Wildman–Crippen LogP) is 5.94. The van der Waals surface area contributed by atoms with Gasteiger partial charge in [-0.1, -0.05) is 37.8 Å². The Bertz CT molecular complexity index is 581. The molecule has 6 rings (SSSR count). The Labute approximate surface area is 160 Å². The summed E-state index contributed by atoms with van der Waals surface area (Å²) in [5, 5.41) is 0. The maximum absolute atomic E-state index is 6.65. The number of rotatable bonds is 0. The molecule has 5 fully saturated rings. The number of hydrogen-bond donors (Lipinski definition) is 1. The van der Waals surface area contributed by atoms with E-state index in [9.17, 15) is 0 Å². The molecule has 2 N–H and O–H groups in total. The standard InChI is InChI=1S/C25H39N/c26-16-13-14-20-19-9-3-6-12-23(19)25(24(20)15-16)21-10-4-1-7-17(21)18-8-2-5-11-22(18)25/h1,7,16-24H,2-6,8-15,26H2. The highest BCUT2D eigenvalue weighted by molar-refractivity contribution is 5.23. The minimum atomic E-state index is 0.508. The molecule has 0 aromatic rings. The Morgan fingerprint density at radius 3 is 2.19 bits per heavy atom. The average Bonchev–Trinajstić information content (AvgIpc) is 3.15. The number of fused-ring (bicyclic) bond motifs is 10. The third-order valence-corrected chi connectivity index (χ3v) is 10.7. The molecule has 1 spiro atoms. The zero-order valence-electron chi connectivity index (χ0n) is 16.6. The highest BCUT2D eigenvalue weighted by Gasteiger charge is 2.71. The smallest absolute Gasteiger partial charge is 0.00418 e. The molecule has 0 aromatic heterocycles. The number of hydrogen-bond acceptors (Lipinski definition) is 1. The van der Waals surface area contributed by atoms with Crippen molar-refractivity contribution in [2.45, 2.75) is 89.5 Å². The second-order valence-corrected chi connectivity index (χ2v) is 11.1. The predicted molar refractivity (Wildman–Crippen MR) is 107 cm³/mol. The molecule has 0 heterocycles. The van der Waals surface area contributed by atoms with E-state index in [2.05, 4.69) is 12.2 Å². The van der Waals surface area contributed by atoms with E-state index in [0.29, 0.717) is 11.5 Å². The van der Waals surface area contributed by atoms with Crippen molar-refractivity contribution in [2.75, 3.05) is 0 Å². The van der Waals surface area contributed by atoms with Crippen LogP contribution in [0.3, 0.4) is 0 Å². The van der Waals surface area contributed by atoms with Gasteiger partial charge < -0.3 is 5.73 Å². The van der Waals surface area contributed by atoms with Crippen LogP contribution in [0.15, 0.2) is 12.2 Å². The van der Waals surface area contributed by atoms with Gasteiger partial charge in [0.05, 0.1) is 0 Å². The summed E-state index contributed by atoms with van der Waals surface area (Å²) >= 11 is 0. The fourth-order valence-corrected chi connectivity index (χ4v) is 10.4. The zero-order chi connectivity index (χ0) is 17.3. The summed E-state index contributed by atoms with van der Waals surface area (Å²) in [6.07, 6.45) is 24.6. The largest absolute Gasteiger partial charge is 0.328 e. The van der Waals surface area contributed by atoms with Crippen LogP contribution in [0, 0.1) is 52.8 Å². The van der Waals surface area contributed by atoms with Gasteiger partial charge in [0, 0.05) is 6.04 Å². The van der Waals surface area contributed by atoms with Crippen molar-refractivity contribution in [1.29, 1.82) is 0 Å². The van der Waals surface area contributed by atoms with Crippen molar-refractivity contribution >= 4 is 0 Å². The number of nitrogens with two attached hydrogens (primary N) is 1. The molecule has 6 aliphatic carbocycles. The summed E-state index contributed by atoms with van der Waals surface area (Å²) in [6, 6.07) is 0.508. The molecule has 0 aromatic carbocycles. The molecule has 10 unspecified atom stereocenters. The number of allylic oxidation sites excluding steroid dienone is 2. The lowest BCUT2D eigenvalue weighted by atomic mass is 9.53. The lowest BCUT2D eigenvalue weighted by molar-refractivity contribution is -0.0328. The minimum Gasteiger partial charge on any atom is -0.328 e. The van der Waals surface area contributed by atoms with Gasteiger partial charge in [-0.25, -0.2) is 0 Å². The van der Waals surface area contributed by atoms with Crippen molar-refractivity contribution in [3.05, 3.63) is 12.2 Å². The minimum absolute atomic E-state index is 0.508. The highest BCUT2D eigenvalue weighted by atomic mass is 14.8. The fourth-order valence-electron chi connectivity index (χ4n) is 10.4. The Morgan fingerprint density at radius 1 is 0.654 bits per heavy atom. The summed E-state index contributed by atoms with van der Waals surface area (Å²) in [4.78, 5) is 0. The molecular formula is C25H39N. The summed E-state index contributed by atoms with van der Waals surface area (Å²) in [6.45, 7) is 0. The van der Waals surface area contributed by atoms with Crippen LogP contribution < -0.4 is 5.73 Å². The third-order valence-electron chi connectivity index (χ3n) is 10.7. The quantitative estimate of drug-likeness (QED) is 0.536. The molecule has 10 atom stereocenters. The summed E-state index contributed by atoms with van der Waals surface area (Å²) in [7, 11) is 0. The Balaban J connectivity index is 1.51. The van der Waals surface area contributed by atoms with Crippen LogP contribution in [0.5, 0.6) is 0 Å². The van der Waals surface area contributed by atoms with Crippen LogP contribution in [-0.2, 0) is 0 Å². The van der Waals surface area contributed by atoms with E-state index in [1.54, 1.807) is 25.7 Å². The first-order chi connectivity index (χ1) is 12.8. The summed E-state index contributed by atoms with van der Waals surface area (Å²) < 4.78 is 0. The van der Waals surface area contributed by atoms with Gasteiger partial charge in [0.15, 0.2) is 0 Å². The van der Waals surface area contributed by atoms with E-state index in [-0.39, 0.29) is 0 Å². The van der Waals surface area contributed by atoms with Crippen molar-refractivity contribution < 1.29 is 0 Å². The van der Waals surface area contributed by atoms with Crippen molar-refractivity contribution in [2.24, 2.45) is 58.5 Å². The topological polar surface area (TPSA) is 26.0 Å². The van der Waals surface area contributed by atoms with E-state index in [1.807, 2.05) is 0 Å². The van der Waals surface area contributed by atoms with Gasteiger partial charge in [-0.3, -0.25) is 0 Å². The van der Waals surface area contributed by atoms with Crippen LogP contribution in [0.1, 0.15) is 83.5 Å². The first kappa shape index (κ1) is 16.6. The molecule has 0 radical (unpaired) electrons. The van der Waals surface area contributed by atoms with Gasteiger partial charge in [-0.05, 0) is 111 Å². The molecule has 6 aliphatic rings. The van der Waals surface area contributed by atoms with Crippen LogP contribution in [0.25, 0.3) is 0 Å². The first-order valence-electron chi connectivity index (χ1n) is 12.2. The van der Waals surface area contributed by atoms with E-state index in [4.69, 9.17) is 5.73 Å². The molecule has 0 aliphatic heterocycles. The Morgan fingerprint density at radius 2 is 1.35 bits per heavy atom. The van der Waals surface area contributed by atoms with Crippen LogP contribution >= 0.6 is 0 Å². The van der Waals surface area contributed by atoms with Crippen LogP contribution in [0.4, 0.5) is 0 Å². The van der Waals surface area contributed by atoms with Gasteiger partial charge in [-0.2, -0.15) is 0 Å². The first-order valence-corrected chi connectivity index (χ1v) is 12.2. The molecule has 1 nitrogen and oxygen atoms in total. The third kappa shape index (κ3) is 2.02. The van der Waals surface area contributed by atoms with Crippen molar-refractivity contribution in [3.63, 3.8) is 0 Å². The van der Waals surface area contributed by atoms with Crippen LogP contribution in [-0.4, -0.2) is 6.04 Å². The second kappa shape index (κ2) is 6.10. The second-order valence-electron chi connectivity index (χ2n) is 11.1. The van der Waals surface area contributed by atoms with Gasteiger partial charge in [0.1, 0.15) is 0 Å². The average molecular weight is 354 g/mol. The fraction of sp³-hybridized carbons (Fsp3) is 0.920. The molecule has 5 saturated carbocycles.